The molecule has 3 amide bonds. The van der Waals surface area contributed by atoms with Crippen LogP contribution in [0.5, 0.6) is 0 Å². The molecule has 39 heavy (non-hydrogen) atoms. The number of hydrogen-bond acceptors (Lipinski definition) is 5. The van der Waals surface area contributed by atoms with E-state index in [1.54, 1.807) is 16.7 Å². The third-order valence-electron chi connectivity index (χ3n) is 8.34. The van der Waals surface area contributed by atoms with Gasteiger partial charge < -0.3 is 20.6 Å². The molecule has 5 rings (SSSR count). The molecule has 0 aromatic heterocycles. The highest BCUT2D eigenvalue weighted by molar-refractivity contribution is 9.09. The van der Waals surface area contributed by atoms with E-state index >= 15 is 0 Å². The maximum atomic E-state index is 14.3. The molecule has 7 nitrogen and oxygen atoms in total. The van der Waals surface area contributed by atoms with Crippen molar-refractivity contribution in [3.05, 3.63) is 71.8 Å². The first-order valence-electron chi connectivity index (χ1n) is 13.8. The first kappa shape index (κ1) is 28.2. The van der Waals surface area contributed by atoms with Gasteiger partial charge in [0.1, 0.15) is 6.04 Å². The maximum Gasteiger partial charge on any atom is 0.244 e. The number of likely N-dealkylation sites (tertiary alicyclic amines) is 1. The number of halogens is 1. The van der Waals surface area contributed by atoms with Crippen LogP contribution in [-0.4, -0.2) is 67.8 Å². The number of alkyl halides is 1. The molecule has 3 unspecified atom stereocenters. The van der Waals surface area contributed by atoms with E-state index in [-0.39, 0.29) is 34.4 Å². The van der Waals surface area contributed by atoms with Gasteiger partial charge in [0.05, 0.1) is 29.2 Å². The summed E-state index contributed by atoms with van der Waals surface area (Å²) in [6, 6.07) is 18.1. The van der Waals surface area contributed by atoms with Crippen LogP contribution in [0.4, 0.5) is 0 Å². The maximum absolute atomic E-state index is 14.3. The van der Waals surface area contributed by atoms with E-state index in [4.69, 9.17) is 0 Å². The minimum Gasteiger partial charge on any atom is -0.394 e. The highest BCUT2D eigenvalue weighted by Gasteiger charge is 2.76. The van der Waals surface area contributed by atoms with Crippen LogP contribution in [-0.2, 0) is 27.3 Å². The van der Waals surface area contributed by atoms with Gasteiger partial charge in [-0.15, -0.1) is 11.8 Å². The van der Waals surface area contributed by atoms with Crippen LogP contribution in [0.2, 0.25) is 0 Å². The molecular weight excluding hydrogens is 578 g/mol. The summed E-state index contributed by atoms with van der Waals surface area (Å²) in [7, 11) is 0. The molecule has 1 spiro atoms. The first-order chi connectivity index (χ1) is 18.9. The average Bonchev–Trinajstić information content (AvgIpc) is 3.55. The zero-order valence-electron chi connectivity index (χ0n) is 22.1. The summed E-state index contributed by atoms with van der Waals surface area (Å²) < 4.78 is -0.731. The van der Waals surface area contributed by atoms with Gasteiger partial charge in [0.25, 0.3) is 0 Å². The van der Waals surface area contributed by atoms with E-state index in [1.165, 1.54) is 0 Å². The molecule has 2 bridgehead atoms. The van der Waals surface area contributed by atoms with Crippen molar-refractivity contribution in [3.8, 4) is 0 Å². The summed E-state index contributed by atoms with van der Waals surface area (Å²) >= 11 is 5.43. The van der Waals surface area contributed by atoms with Gasteiger partial charge in [-0.2, -0.15) is 0 Å². The number of amides is 3. The third-order valence-corrected chi connectivity index (χ3v) is 11.6. The largest absolute Gasteiger partial charge is 0.394 e. The fourth-order valence-electron chi connectivity index (χ4n) is 6.58. The van der Waals surface area contributed by atoms with Gasteiger partial charge in [-0.3, -0.25) is 14.4 Å². The number of carbonyl (C=O) groups is 3. The Morgan fingerprint density at radius 3 is 2.38 bits per heavy atom. The number of aliphatic hydroxyl groups excluding tert-OH is 1. The monoisotopic (exact) mass is 613 g/mol. The molecule has 0 radical (unpaired) electrons. The molecule has 3 aliphatic heterocycles. The number of carbonyl (C=O) groups excluding carboxylic acids is 3. The molecule has 208 valence electrons. The number of fused-ring (bicyclic) bond motifs is 1. The lowest BCUT2D eigenvalue weighted by Gasteiger charge is -2.37. The number of unbranched alkanes of at least 4 members (excludes halogenated alkanes) is 1. The quantitative estimate of drug-likeness (QED) is 0.267. The smallest absolute Gasteiger partial charge is 0.244 e. The Labute approximate surface area is 242 Å². The average molecular weight is 615 g/mol. The van der Waals surface area contributed by atoms with Crippen molar-refractivity contribution in [1.29, 1.82) is 0 Å². The van der Waals surface area contributed by atoms with Gasteiger partial charge >= 0.3 is 0 Å². The lowest BCUT2D eigenvalue weighted by molar-refractivity contribution is -0.142. The number of aliphatic hydroxyl groups is 1. The van der Waals surface area contributed by atoms with Crippen LogP contribution in [0.3, 0.4) is 0 Å². The summed E-state index contributed by atoms with van der Waals surface area (Å²) in [5.74, 6) is -1.73. The van der Waals surface area contributed by atoms with Crippen molar-refractivity contribution in [2.24, 2.45) is 11.8 Å². The molecule has 0 saturated carbocycles. The van der Waals surface area contributed by atoms with E-state index in [0.717, 1.165) is 24.0 Å². The lowest BCUT2D eigenvalue weighted by atomic mass is 9.70. The molecule has 3 fully saturated rings. The normalized spacial score (nSPS) is 29.8. The lowest BCUT2D eigenvalue weighted by Crippen LogP contribution is -2.57. The van der Waals surface area contributed by atoms with Gasteiger partial charge in [0, 0.05) is 23.2 Å². The molecule has 2 aromatic carbocycles. The number of nitrogens with zero attached hydrogens (tertiary/aromatic N) is 1. The second-order valence-electron chi connectivity index (χ2n) is 10.8. The Morgan fingerprint density at radius 1 is 1.08 bits per heavy atom. The van der Waals surface area contributed by atoms with Crippen LogP contribution in [0, 0.1) is 11.8 Å². The van der Waals surface area contributed by atoms with Crippen LogP contribution in [0.1, 0.15) is 37.3 Å². The van der Waals surface area contributed by atoms with Crippen LogP contribution >= 0.6 is 27.7 Å². The topological polar surface area (TPSA) is 98.7 Å². The van der Waals surface area contributed by atoms with Crippen molar-refractivity contribution >= 4 is 45.4 Å². The number of nitrogens with one attached hydrogen (secondary N) is 2. The fourth-order valence-corrected chi connectivity index (χ4v) is 10.2. The molecule has 3 aliphatic rings. The molecular formula is C30H36BrN3O4S. The zero-order valence-corrected chi connectivity index (χ0v) is 24.5. The standard InChI is InChI=1S/C30H36BrN3O4S/c1-2-3-14-32-28(37)26-30-16-22(31)25(39-30)23(27(36)33-17-20-12-8-5-9-13-20)24(30)29(38)34(26)21(18-35)15-19-10-6-4-7-11-19/h4-13,21-26,35H,2-3,14-18H2,1H3,(H,32,37)(H,33,36)/t21-,22?,23-,24+,25-,26?,30?/m1/s1. The molecule has 2 aromatic rings. The molecule has 7 atom stereocenters. The molecule has 3 N–H and O–H groups in total. The van der Waals surface area contributed by atoms with E-state index < -0.39 is 28.7 Å². The second-order valence-corrected chi connectivity index (χ2v) is 13.5. The van der Waals surface area contributed by atoms with E-state index in [1.807, 2.05) is 60.7 Å². The number of thioether (sulfide) groups is 1. The minimum absolute atomic E-state index is 0.00613. The Morgan fingerprint density at radius 2 is 1.74 bits per heavy atom. The summed E-state index contributed by atoms with van der Waals surface area (Å²) in [4.78, 5) is 43.5. The minimum atomic E-state index is -0.755. The Bertz CT molecular complexity index is 1190. The summed E-state index contributed by atoms with van der Waals surface area (Å²) in [6.07, 6.45) is 2.84. The summed E-state index contributed by atoms with van der Waals surface area (Å²) in [5.41, 5.74) is 1.97. The van der Waals surface area contributed by atoms with Crippen LogP contribution < -0.4 is 10.6 Å². The molecule has 3 heterocycles. The molecule has 9 heteroatoms. The van der Waals surface area contributed by atoms with Crippen molar-refractivity contribution in [1.82, 2.24) is 15.5 Å². The van der Waals surface area contributed by atoms with Gasteiger partial charge in [-0.1, -0.05) is 89.9 Å². The molecule has 0 aliphatic carbocycles. The number of hydrogen-bond donors (Lipinski definition) is 3. The van der Waals surface area contributed by atoms with Crippen LogP contribution in [0.15, 0.2) is 60.7 Å². The van der Waals surface area contributed by atoms with Crippen molar-refractivity contribution in [3.63, 3.8) is 0 Å². The summed E-state index contributed by atoms with van der Waals surface area (Å²) in [5, 5.41) is 16.6. The highest BCUT2D eigenvalue weighted by Crippen LogP contribution is 2.68. The predicted octanol–water partition coefficient (Wildman–Crippen LogP) is 3.29. The third kappa shape index (κ3) is 5.25. The zero-order chi connectivity index (χ0) is 27.6. The van der Waals surface area contributed by atoms with Gasteiger partial charge in [-0.25, -0.2) is 0 Å². The van der Waals surface area contributed by atoms with Gasteiger partial charge in [0.2, 0.25) is 17.7 Å². The Balaban J connectivity index is 1.47. The Hall–Kier alpha value is -2.36. The Kier molecular flexibility index (Phi) is 8.69. The van der Waals surface area contributed by atoms with Gasteiger partial charge in [0.15, 0.2) is 0 Å². The van der Waals surface area contributed by atoms with Crippen LogP contribution in [0.25, 0.3) is 0 Å². The first-order valence-corrected chi connectivity index (χ1v) is 15.6. The van der Waals surface area contributed by atoms with Gasteiger partial charge in [-0.05, 0) is 30.4 Å². The number of benzene rings is 2. The van der Waals surface area contributed by atoms with E-state index in [9.17, 15) is 19.5 Å². The van der Waals surface area contributed by atoms with Crippen molar-refractivity contribution in [2.45, 2.75) is 66.1 Å². The number of rotatable bonds is 11. The van der Waals surface area contributed by atoms with E-state index in [2.05, 4.69) is 33.5 Å². The predicted molar refractivity (Wildman–Crippen MR) is 156 cm³/mol. The fraction of sp³-hybridized carbons (Fsp3) is 0.500. The SMILES string of the molecule is CCCCNC(=O)C1N([C@@H](CO)Cc2ccccc2)C(=O)[C@@H]2[C@@H](C(=O)NCc3ccccc3)[C@@H]3SC12CC3Br. The highest BCUT2D eigenvalue weighted by atomic mass is 79.9. The molecule has 3 saturated heterocycles. The van der Waals surface area contributed by atoms with Crippen molar-refractivity contribution in [2.75, 3.05) is 13.2 Å². The summed E-state index contributed by atoms with van der Waals surface area (Å²) in [6.45, 7) is 2.71. The second kappa shape index (κ2) is 12.0. The van der Waals surface area contributed by atoms with Crippen molar-refractivity contribution < 1.29 is 19.5 Å². The van der Waals surface area contributed by atoms with E-state index in [0.29, 0.717) is 25.9 Å².